The van der Waals surface area contributed by atoms with E-state index in [4.69, 9.17) is 4.99 Å². The fourth-order valence-corrected chi connectivity index (χ4v) is 4.60. The third-order valence-electron chi connectivity index (χ3n) is 6.14. The van der Waals surface area contributed by atoms with Gasteiger partial charge in [-0.15, -0.1) is 24.0 Å². The summed E-state index contributed by atoms with van der Waals surface area (Å²) in [6, 6.07) is 0.326. The molecule has 6 nitrogen and oxygen atoms in total. The molecular formula is C20H38IN5O. The third kappa shape index (κ3) is 6.76. The highest BCUT2D eigenvalue weighted by atomic mass is 127. The molecule has 0 spiro atoms. The molecule has 0 radical (unpaired) electrons. The van der Waals surface area contributed by atoms with Gasteiger partial charge in [0.15, 0.2) is 5.96 Å². The van der Waals surface area contributed by atoms with Crippen molar-refractivity contribution in [2.24, 2.45) is 16.8 Å². The van der Waals surface area contributed by atoms with Crippen molar-refractivity contribution >= 4 is 35.8 Å². The highest BCUT2D eigenvalue weighted by molar-refractivity contribution is 14.0. The largest absolute Gasteiger partial charge is 0.357 e. The van der Waals surface area contributed by atoms with Crippen LogP contribution in [0, 0.1) is 11.8 Å². The molecule has 2 saturated heterocycles. The lowest BCUT2D eigenvalue weighted by atomic mass is 9.88. The van der Waals surface area contributed by atoms with E-state index in [1.165, 1.54) is 32.2 Å². The molecule has 0 aromatic carbocycles. The summed E-state index contributed by atoms with van der Waals surface area (Å²) in [5, 5.41) is 6.95. The van der Waals surface area contributed by atoms with Crippen LogP contribution in [-0.4, -0.2) is 74.0 Å². The molecule has 2 atom stereocenters. The zero-order valence-corrected chi connectivity index (χ0v) is 19.4. The van der Waals surface area contributed by atoms with Crippen LogP contribution >= 0.6 is 24.0 Å². The van der Waals surface area contributed by atoms with Gasteiger partial charge in [-0.25, -0.2) is 0 Å². The highest BCUT2D eigenvalue weighted by Crippen LogP contribution is 2.26. The second-order valence-electron chi connectivity index (χ2n) is 8.39. The summed E-state index contributed by atoms with van der Waals surface area (Å²) >= 11 is 0. The van der Waals surface area contributed by atoms with Crippen LogP contribution in [0.2, 0.25) is 0 Å². The maximum atomic E-state index is 12.7. The molecule has 3 aliphatic rings. The number of guanidine groups is 1. The van der Waals surface area contributed by atoms with Crippen molar-refractivity contribution in [1.82, 2.24) is 20.4 Å². The van der Waals surface area contributed by atoms with E-state index >= 15 is 0 Å². The van der Waals surface area contributed by atoms with Gasteiger partial charge in [0.1, 0.15) is 0 Å². The molecule has 0 aromatic heterocycles. The number of hydrogen-bond donors (Lipinski definition) is 2. The average molecular weight is 491 g/mol. The summed E-state index contributed by atoms with van der Waals surface area (Å²) in [6.45, 7) is 7.91. The molecule has 156 valence electrons. The zero-order chi connectivity index (χ0) is 18.4. The minimum absolute atomic E-state index is 0. The first-order chi connectivity index (χ1) is 12.7. The van der Waals surface area contributed by atoms with E-state index in [1.54, 1.807) is 0 Å². The van der Waals surface area contributed by atoms with Gasteiger partial charge in [-0.1, -0.05) is 19.3 Å². The first-order valence-electron chi connectivity index (χ1n) is 10.7. The summed E-state index contributed by atoms with van der Waals surface area (Å²) in [7, 11) is 2.18. The Labute approximate surface area is 181 Å². The summed E-state index contributed by atoms with van der Waals surface area (Å²) in [4.78, 5) is 22.0. The molecule has 0 aromatic rings. The highest BCUT2D eigenvalue weighted by Gasteiger charge is 2.31. The molecule has 3 fully saturated rings. The van der Waals surface area contributed by atoms with Gasteiger partial charge in [0.05, 0.1) is 0 Å². The molecule has 0 bridgehead atoms. The second kappa shape index (κ2) is 11.4. The van der Waals surface area contributed by atoms with E-state index < -0.39 is 0 Å². The van der Waals surface area contributed by atoms with Crippen molar-refractivity contribution in [3.8, 4) is 0 Å². The Morgan fingerprint density at radius 1 is 1.07 bits per heavy atom. The monoisotopic (exact) mass is 491 g/mol. The standard InChI is InChI=1S/C20H37N5O.HI/c1-3-21-20(22-13-16-9-11-24(2)14-16)23-18-10-12-25(15-18)19(26)17-7-5-4-6-8-17;/h16-18H,3-15H2,1-2H3,(H2,21,22,23);1H. The number of rotatable bonds is 5. The lowest BCUT2D eigenvalue weighted by Crippen LogP contribution is -2.45. The Balaban J connectivity index is 0.00000261. The molecule has 1 saturated carbocycles. The molecule has 2 N–H and O–H groups in total. The summed E-state index contributed by atoms with van der Waals surface area (Å²) in [5.41, 5.74) is 0. The van der Waals surface area contributed by atoms with Crippen molar-refractivity contribution in [1.29, 1.82) is 0 Å². The van der Waals surface area contributed by atoms with E-state index in [1.807, 2.05) is 0 Å². The van der Waals surface area contributed by atoms with E-state index in [2.05, 4.69) is 34.4 Å². The van der Waals surface area contributed by atoms with Crippen LogP contribution in [0.15, 0.2) is 4.99 Å². The molecule has 2 aliphatic heterocycles. The molecule has 1 aliphatic carbocycles. The molecule has 2 heterocycles. The van der Waals surface area contributed by atoms with Gasteiger partial charge in [0, 0.05) is 44.7 Å². The van der Waals surface area contributed by atoms with Crippen molar-refractivity contribution in [2.45, 2.75) is 57.9 Å². The topological polar surface area (TPSA) is 60.0 Å². The van der Waals surface area contributed by atoms with E-state index in [-0.39, 0.29) is 29.9 Å². The predicted molar refractivity (Wildman–Crippen MR) is 122 cm³/mol. The van der Waals surface area contributed by atoms with E-state index in [0.717, 1.165) is 57.9 Å². The van der Waals surface area contributed by atoms with Crippen LogP contribution in [0.4, 0.5) is 0 Å². The molecule has 1 amide bonds. The number of halogens is 1. The first-order valence-corrected chi connectivity index (χ1v) is 10.7. The summed E-state index contributed by atoms with van der Waals surface area (Å²) in [6.07, 6.45) is 8.19. The van der Waals surface area contributed by atoms with Crippen molar-refractivity contribution in [2.75, 3.05) is 46.3 Å². The number of carbonyl (C=O) groups is 1. The normalized spacial score (nSPS) is 27.5. The van der Waals surface area contributed by atoms with Gasteiger partial charge in [-0.3, -0.25) is 9.79 Å². The minimum atomic E-state index is 0. The number of carbonyl (C=O) groups excluding carboxylic acids is 1. The lowest BCUT2D eigenvalue weighted by Gasteiger charge is -2.26. The fourth-order valence-electron chi connectivity index (χ4n) is 4.60. The average Bonchev–Trinajstić information content (AvgIpc) is 3.29. The molecule has 3 rings (SSSR count). The molecule has 27 heavy (non-hydrogen) atoms. The summed E-state index contributed by atoms with van der Waals surface area (Å²) < 4.78 is 0. The number of hydrogen-bond acceptors (Lipinski definition) is 3. The third-order valence-corrected chi connectivity index (χ3v) is 6.14. The Hall–Kier alpha value is -0.570. The maximum absolute atomic E-state index is 12.7. The van der Waals surface area contributed by atoms with E-state index in [0.29, 0.717) is 17.9 Å². The van der Waals surface area contributed by atoms with Crippen LogP contribution in [-0.2, 0) is 4.79 Å². The number of likely N-dealkylation sites (tertiary alicyclic amines) is 2. The predicted octanol–water partition coefficient (Wildman–Crippen LogP) is 2.29. The van der Waals surface area contributed by atoms with Gasteiger partial charge < -0.3 is 20.4 Å². The second-order valence-corrected chi connectivity index (χ2v) is 8.39. The summed E-state index contributed by atoms with van der Waals surface area (Å²) in [5.74, 6) is 2.26. The van der Waals surface area contributed by atoms with Gasteiger partial charge >= 0.3 is 0 Å². The van der Waals surface area contributed by atoms with Crippen molar-refractivity contribution in [3.63, 3.8) is 0 Å². The molecule has 2 unspecified atom stereocenters. The van der Waals surface area contributed by atoms with Crippen LogP contribution in [0.1, 0.15) is 51.9 Å². The number of nitrogens with zero attached hydrogens (tertiary/aromatic N) is 3. The van der Waals surface area contributed by atoms with Gasteiger partial charge in [0.25, 0.3) is 0 Å². The first kappa shape index (κ1) is 22.7. The number of aliphatic imine (C=N–C) groups is 1. The fraction of sp³-hybridized carbons (Fsp3) is 0.900. The van der Waals surface area contributed by atoms with Gasteiger partial charge in [-0.05, 0) is 52.1 Å². The molecular weight excluding hydrogens is 453 g/mol. The Kier molecular flexibility index (Phi) is 9.62. The van der Waals surface area contributed by atoms with E-state index in [9.17, 15) is 4.79 Å². The molecule has 7 heteroatoms. The van der Waals surface area contributed by atoms with Gasteiger partial charge in [-0.2, -0.15) is 0 Å². The SMILES string of the molecule is CCNC(=NCC1CCN(C)C1)NC1CCN(C(=O)C2CCCCC2)C1.I. The van der Waals surface area contributed by atoms with Crippen LogP contribution in [0.5, 0.6) is 0 Å². The Morgan fingerprint density at radius 3 is 2.52 bits per heavy atom. The number of nitrogens with one attached hydrogen (secondary N) is 2. The van der Waals surface area contributed by atoms with Crippen LogP contribution in [0.3, 0.4) is 0 Å². The zero-order valence-electron chi connectivity index (χ0n) is 17.1. The minimum Gasteiger partial charge on any atom is -0.357 e. The Bertz CT molecular complexity index is 495. The van der Waals surface area contributed by atoms with Crippen molar-refractivity contribution < 1.29 is 4.79 Å². The van der Waals surface area contributed by atoms with Crippen molar-refractivity contribution in [3.05, 3.63) is 0 Å². The Morgan fingerprint density at radius 2 is 1.85 bits per heavy atom. The van der Waals surface area contributed by atoms with Crippen LogP contribution in [0.25, 0.3) is 0 Å². The number of amides is 1. The maximum Gasteiger partial charge on any atom is 0.225 e. The smallest absolute Gasteiger partial charge is 0.225 e. The quantitative estimate of drug-likeness (QED) is 0.352. The van der Waals surface area contributed by atoms with Crippen LogP contribution < -0.4 is 10.6 Å². The lowest BCUT2D eigenvalue weighted by molar-refractivity contribution is -0.135. The van der Waals surface area contributed by atoms with Gasteiger partial charge in [0.2, 0.25) is 5.91 Å².